The molecule has 0 aliphatic carbocycles. The Kier molecular flexibility index (Phi) is 4.97. The number of urea groups is 1. The molecule has 130 valence electrons. The van der Waals surface area contributed by atoms with Gasteiger partial charge in [0.1, 0.15) is 0 Å². The summed E-state index contributed by atoms with van der Waals surface area (Å²) in [5, 5.41) is 8.64. The van der Waals surface area contributed by atoms with Crippen LogP contribution < -0.4 is 16.0 Å². The van der Waals surface area contributed by atoms with Gasteiger partial charge in [-0.15, -0.1) is 0 Å². The molecular formula is C19H22N4O2. The minimum Gasteiger partial charge on any atom is -0.334 e. The van der Waals surface area contributed by atoms with Gasteiger partial charge in [0, 0.05) is 30.5 Å². The predicted molar refractivity (Wildman–Crippen MR) is 96.2 cm³/mol. The zero-order valence-corrected chi connectivity index (χ0v) is 14.4. The van der Waals surface area contributed by atoms with Crippen molar-refractivity contribution >= 4 is 17.6 Å². The lowest BCUT2D eigenvalue weighted by Gasteiger charge is -2.20. The molecule has 0 bridgehead atoms. The van der Waals surface area contributed by atoms with Crippen LogP contribution in [0.2, 0.25) is 0 Å². The normalized spacial score (nSPS) is 14.2. The van der Waals surface area contributed by atoms with Gasteiger partial charge in [-0.3, -0.25) is 9.78 Å². The van der Waals surface area contributed by atoms with Crippen molar-refractivity contribution in [2.75, 3.05) is 5.32 Å². The van der Waals surface area contributed by atoms with Gasteiger partial charge in [-0.05, 0) is 49.1 Å². The second-order valence-corrected chi connectivity index (χ2v) is 6.32. The topological polar surface area (TPSA) is 83.1 Å². The highest BCUT2D eigenvalue weighted by molar-refractivity contribution is 5.93. The summed E-state index contributed by atoms with van der Waals surface area (Å²) in [6, 6.07) is 9.39. The van der Waals surface area contributed by atoms with Crippen LogP contribution in [0.4, 0.5) is 10.5 Å². The second kappa shape index (κ2) is 7.34. The third-order valence-electron chi connectivity index (χ3n) is 4.30. The number of carbonyl (C=O) groups excluding carboxylic acids is 2. The summed E-state index contributed by atoms with van der Waals surface area (Å²) in [6.45, 7) is 4.30. The first-order valence-corrected chi connectivity index (χ1v) is 8.40. The lowest BCUT2D eigenvalue weighted by atomic mass is 9.98. The van der Waals surface area contributed by atoms with E-state index >= 15 is 0 Å². The third kappa shape index (κ3) is 4.35. The smallest absolute Gasteiger partial charge is 0.315 e. The molecular weight excluding hydrogens is 316 g/mol. The molecule has 2 aromatic rings. The average Bonchev–Trinajstić information content (AvgIpc) is 2.60. The molecule has 0 spiro atoms. The molecule has 3 N–H and O–H groups in total. The predicted octanol–water partition coefficient (Wildman–Crippen LogP) is 2.84. The van der Waals surface area contributed by atoms with Crippen LogP contribution in [0.1, 0.15) is 41.8 Å². The van der Waals surface area contributed by atoms with Gasteiger partial charge in [0.05, 0.1) is 6.04 Å². The van der Waals surface area contributed by atoms with E-state index in [0.29, 0.717) is 13.0 Å². The third-order valence-corrected chi connectivity index (χ3v) is 4.30. The molecule has 0 saturated heterocycles. The number of fused-ring (bicyclic) bond motifs is 1. The van der Waals surface area contributed by atoms with Crippen molar-refractivity contribution in [2.24, 2.45) is 0 Å². The van der Waals surface area contributed by atoms with Crippen molar-refractivity contribution in [1.82, 2.24) is 15.6 Å². The molecule has 3 amide bonds. The van der Waals surface area contributed by atoms with E-state index < -0.39 is 0 Å². The number of aromatic nitrogens is 1. The van der Waals surface area contributed by atoms with Gasteiger partial charge in [0.2, 0.25) is 5.91 Å². The number of nitrogens with one attached hydrogen (secondary N) is 3. The van der Waals surface area contributed by atoms with E-state index in [4.69, 9.17) is 0 Å². The fourth-order valence-electron chi connectivity index (χ4n) is 2.79. The summed E-state index contributed by atoms with van der Waals surface area (Å²) in [4.78, 5) is 27.7. The molecule has 25 heavy (non-hydrogen) atoms. The van der Waals surface area contributed by atoms with Crippen molar-refractivity contribution in [2.45, 2.75) is 39.3 Å². The fraction of sp³-hybridized carbons (Fsp3) is 0.316. The molecule has 0 fully saturated rings. The van der Waals surface area contributed by atoms with E-state index in [0.717, 1.165) is 34.5 Å². The molecule has 0 saturated carbocycles. The van der Waals surface area contributed by atoms with Crippen molar-refractivity contribution in [3.63, 3.8) is 0 Å². The highest BCUT2D eigenvalue weighted by Gasteiger charge is 2.17. The number of amides is 3. The van der Waals surface area contributed by atoms with Gasteiger partial charge >= 0.3 is 6.03 Å². The Morgan fingerprint density at radius 3 is 2.88 bits per heavy atom. The van der Waals surface area contributed by atoms with Gasteiger partial charge in [-0.1, -0.05) is 18.2 Å². The van der Waals surface area contributed by atoms with Crippen molar-refractivity contribution in [1.29, 1.82) is 0 Å². The molecule has 1 aliphatic rings. The number of rotatable bonds is 4. The lowest BCUT2D eigenvalue weighted by molar-refractivity contribution is -0.116. The van der Waals surface area contributed by atoms with E-state index in [1.165, 1.54) is 0 Å². The number of pyridine rings is 1. The number of nitrogens with zero attached hydrogens (tertiary/aromatic N) is 1. The van der Waals surface area contributed by atoms with E-state index in [9.17, 15) is 9.59 Å². The van der Waals surface area contributed by atoms with Crippen molar-refractivity contribution in [3.05, 3.63) is 58.9 Å². The summed E-state index contributed by atoms with van der Waals surface area (Å²) in [5.74, 6) is 0.0522. The summed E-state index contributed by atoms with van der Waals surface area (Å²) in [6.07, 6.45) is 2.99. The Morgan fingerprint density at radius 1 is 1.28 bits per heavy atom. The quantitative estimate of drug-likeness (QED) is 0.801. The van der Waals surface area contributed by atoms with Crippen LogP contribution in [0.5, 0.6) is 0 Å². The largest absolute Gasteiger partial charge is 0.334 e. The van der Waals surface area contributed by atoms with Crippen LogP contribution in [0.15, 0.2) is 36.5 Å². The van der Waals surface area contributed by atoms with Gasteiger partial charge in [0.25, 0.3) is 0 Å². The van der Waals surface area contributed by atoms with E-state index in [-0.39, 0.29) is 18.0 Å². The molecule has 0 radical (unpaired) electrons. The molecule has 3 rings (SSSR count). The molecule has 6 nitrogen and oxygen atoms in total. The first-order chi connectivity index (χ1) is 12.0. The zero-order chi connectivity index (χ0) is 17.8. The standard InChI is InChI=1S/C19H22N4O2/c1-12-3-4-14(10-20-12)11-21-19(25)22-13(2)15-5-7-17-16(9-15)6-8-18(24)23-17/h3-5,7,9-10,13H,6,8,11H2,1-2H3,(H,23,24)(H2,21,22,25)/t13-/m0/s1. The maximum Gasteiger partial charge on any atom is 0.315 e. The summed E-state index contributed by atoms with van der Waals surface area (Å²) in [5.41, 5.74) is 4.89. The number of anilines is 1. The van der Waals surface area contributed by atoms with Crippen LogP contribution in [-0.2, 0) is 17.8 Å². The molecule has 1 aliphatic heterocycles. The highest BCUT2D eigenvalue weighted by atomic mass is 16.2. The van der Waals surface area contributed by atoms with Gasteiger partial charge in [-0.25, -0.2) is 4.79 Å². The molecule has 0 unspecified atom stereocenters. The Bertz CT molecular complexity index is 787. The number of aryl methyl sites for hydroxylation is 2. The van der Waals surface area contributed by atoms with Crippen LogP contribution in [0.25, 0.3) is 0 Å². The Hall–Kier alpha value is -2.89. The summed E-state index contributed by atoms with van der Waals surface area (Å²) in [7, 11) is 0. The van der Waals surface area contributed by atoms with Crippen LogP contribution >= 0.6 is 0 Å². The van der Waals surface area contributed by atoms with Crippen LogP contribution in [0.3, 0.4) is 0 Å². The molecule has 1 atom stereocenters. The number of hydrogen-bond acceptors (Lipinski definition) is 3. The molecule has 1 aromatic carbocycles. The van der Waals surface area contributed by atoms with Crippen molar-refractivity contribution in [3.8, 4) is 0 Å². The number of benzene rings is 1. The van der Waals surface area contributed by atoms with E-state index in [2.05, 4.69) is 20.9 Å². The van der Waals surface area contributed by atoms with Crippen molar-refractivity contribution < 1.29 is 9.59 Å². The number of hydrogen-bond donors (Lipinski definition) is 3. The molecule has 1 aromatic heterocycles. The molecule has 6 heteroatoms. The molecule has 2 heterocycles. The van der Waals surface area contributed by atoms with Crippen LogP contribution in [0, 0.1) is 6.92 Å². The lowest BCUT2D eigenvalue weighted by Crippen LogP contribution is -2.36. The summed E-state index contributed by atoms with van der Waals surface area (Å²) < 4.78 is 0. The monoisotopic (exact) mass is 338 g/mol. The minimum atomic E-state index is -0.223. The minimum absolute atomic E-state index is 0.0522. The SMILES string of the molecule is Cc1ccc(CNC(=O)N[C@@H](C)c2ccc3c(c2)CCC(=O)N3)cn1. The van der Waals surface area contributed by atoms with Crippen LogP contribution in [-0.4, -0.2) is 16.9 Å². The Labute approximate surface area is 147 Å². The van der Waals surface area contributed by atoms with Gasteiger partial charge < -0.3 is 16.0 Å². The van der Waals surface area contributed by atoms with E-state index in [1.54, 1.807) is 6.20 Å². The maximum absolute atomic E-state index is 12.1. The fourth-order valence-corrected chi connectivity index (χ4v) is 2.79. The zero-order valence-electron chi connectivity index (χ0n) is 14.4. The average molecular weight is 338 g/mol. The van der Waals surface area contributed by atoms with Gasteiger partial charge in [-0.2, -0.15) is 0 Å². The highest BCUT2D eigenvalue weighted by Crippen LogP contribution is 2.26. The Balaban J connectivity index is 1.56. The van der Waals surface area contributed by atoms with E-state index in [1.807, 2.05) is 44.2 Å². The summed E-state index contributed by atoms with van der Waals surface area (Å²) >= 11 is 0. The second-order valence-electron chi connectivity index (χ2n) is 6.32. The van der Waals surface area contributed by atoms with Gasteiger partial charge in [0.15, 0.2) is 0 Å². The first-order valence-electron chi connectivity index (χ1n) is 8.40. The Morgan fingerprint density at radius 2 is 2.12 bits per heavy atom. The maximum atomic E-state index is 12.1. The number of carbonyl (C=O) groups is 2. The first kappa shape index (κ1) is 17.0.